The fraction of sp³-hybridized carbons (Fsp3) is 0.417. The van der Waals surface area contributed by atoms with Gasteiger partial charge in [0.1, 0.15) is 0 Å². The summed E-state index contributed by atoms with van der Waals surface area (Å²) in [6.07, 6.45) is 0.00272. The van der Waals surface area contributed by atoms with Gasteiger partial charge in [0.2, 0.25) is 5.91 Å². The minimum absolute atomic E-state index is 0.216. The number of hydrogen-bond acceptors (Lipinski definition) is 2. The van der Waals surface area contributed by atoms with E-state index >= 15 is 0 Å². The fourth-order valence-corrected chi connectivity index (χ4v) is 1.65. The molecule has 0 aromatic heterocycles. The van der Waals surface area contributed by atoms with E-state index in [9.17, 15) is 9.90 Å². The Bertz CT molecular complexity index is 340. The summed E-state index contributed by atoms with van der Waals surface area (Å²) in [7, 11) is 0. The van der Waals surface area contributed by atoms with E-state index in [-0.39, 0.29) is 12.3 Å². The topological polar surface area (TPSA) is 63.3 Å². The molecule has 3 N–H and O–H groups in total. The lowest BCUT2D eigenvalue weighted by atomic mass is 10.0. The minimum atomic E-state index is -0.601. The first kappa shape index (κ1) is 11.7. The van der Waals surface area contributed by atoms with Crippen molar-refractivity contribution in [1.29, 1.82) is 0 Å². The molecular formula is C12H17NO2. The number of carbonyl (C=O) groups excluding carboxylic acids is 1. The van der Waals surface area contributed by atoms with E-state index in [2.05, 4.69) is 0 Å². The van der Waals surface area contributed by atoms with Crippen molar-refractivity contribution >= 4 is 5.91 Å². The molecule has 1 rings (SSSR count). The van der Waals surface area contributed by atoms with E-state index in [1.165, 1.54) is 0 Å². The van der Waals surface area contributed by atoms with Crippen molar-refractivity contribution in [1.82, 2.24) is 0 Å². The number of amides is 1. The predicted octanol–water partition coefficient (Wildman–Crippen LogP) is 1.60. The molecule has 0 spiro atoms. The van der Waals surface area contributed by atoms with Gasteiger partial charge in [-0.1, -0.05) is 29.3 Å². The Balaban J connectivity index is 2.72. The van der Waals surface area contributed by atoms with E-state index in [0.29, 0.717) is 6.42 Å². The molecule has 3 heteroatoms. The Morgan fingerprint density at radius 2 is 1.87 bits per heavy atom. The second-order valence-electron chi connectivity index (χ2n) is 3.94. The first-order valence-electron chi connectivity index (χ1n) is 5.03. The number of rotatable bonds is 4. The molecule has 0 aliphatic carbocycles. The first-order chi connectivity index (χ1) is 6.99. The van der Waals surface area contributed by atoms with Gasteiger partial charge < -0.3 is 10.8 Å². The molecule has 0 saturated carbocycles. The molecule has 0 aliphatic rings. The summed E-state index contributed by atoms with van der Waals surface area (Å²) >= 11 is 0. The van der Waals surface area contributed by atoms with Crippen molar-refractivity contribution < 1.29 is 9.90 Å². The Labute approximate surface area is 89.9 Å². The molecule has 1 aromatic carbocycles. The van der Waals surface area contributed by atoms with Gasteiger partial charge in [0.15, 0.2) is 0 Å². The van der Waals surface area contributed by atoms with Gasteiger partial charge in [-0.05, 0) is 25.8 Å². The first-order valence-corrected chi connectivity index (χ1v) is 5.03. The molecule has 82 valence electrons. The van der Waals surface area contributed by atoms with Crippen molar-refractivity contribution in [3.05, 3.63) is 34.9 Å². The molecule has 0 radical (unpaired) electrons. The number of nitrogens with two attached hydrogens (primary N) is 1. The predicted molar refractivity (Wildman–Crippen MR) is 59.3 cm³/mol. The number of hydrogen-bond donors (Lipinski definition) is 2. The molecule has 0 bridgehead atoms. The van der Waals surface area contributed by atoms with Crippen LogP contribution in [0.2, 0.25) is 0 Å². The summed E-state index contributed by atoms with van der Waals surface area (Å²) in [5.74, 6) is -0.376. The summed E-state index contributed by atoms with van der Waals surface area (Å²) < 4.78 is 0. The lowest BCUT2D eigenvalue weighted by molar-refractivity contribution is -0.118. The molecule has 1 amide bonds. The summed E-state index contributed by atoms with van der Waals surface area (Å²) in [5.41, 5.74) is 8.11. The Kier molecular flexibility index (Phi) is 3.86. The van der Waals surface area contributed by atoms with E-state index in [0.717, 1.165) is 16.7 Å². The van der Waals surface area contributed by atoms with Gasteiger partial charge in [0, 0.05) is 6.42 Å². The molecular weight excluding hydrogens is 190 g/mol. The largest absolute Gasteiger partial charge is 0.388 e. The third-order valence-electron chi connectivity index (χ3n) is 2.29. The Morgan fingerprint density at radius 3 is 2.33 bits per heavy atom. The van der Waals surface area contributed by atoms with Crippen LogP contribution in [0.1, 0.15) is 35.6 Å². The SMILES string of the molecule is Cc1cc(C)cc([C@@H](O)CCC(N)=O)c1. The zero-order valence-corrected chi connectivity index (χ0v) is 9.16. The average molecular weight is 207 g/mol. The standard InChI is InChI=1S/C12H17NO2/c1-8-5-9(2)7-10(6-8)11(14)3-4-12(13)15/h5-7,11,14H,3-4H2,1-2H3,(H2,13,15)/t11-/m0/s1. The summed E-state index contributed by atoms with van der Waals surface area (Å²) in [5, 5.41) is 9.81. The van der Waals surface area contributed by atoms with Crippen LogP contribution >= 0.6 is 0 Å². The lowest BCUT2D eigenvalue weighted by Gasteiger charge is -2.11. The highest BCUT2D eigenvalue weighted by atomic mass is 16.3. The number of aliphatic hydroxyl groups excluding tert-OH is 1. The highest BCUT2D eigenvalue weighted by Gasteiger charge is 2.09. The maximum atomic E-state index is 10.6. The summed E-state index contributed by atoms with van der Waals surface area (Å²) in [6.45, 7) is 3.97. The molecule has 0 heterocycles. The second kappa shape index (κ2) is 4.94. The van der Waals surface area contributed by atoms with Crippen LogP contribution < -0.4 is 5.73 Å². The molecule has 1 atom stereocenters. The molecule has 0 unspecified atom stereocenters. The lowest BCUT2D eigenvalue weighted by Crippen LogP contribution is -2.12. The summed E-state index contributed by atoms with van der Waals surface area (Å²) in [6, 6.07) is 5.90. The van der Waals surface area contributed by atoms with Gasteiger partial charge in [-0.3, -0.25) is 4.79 Å². The van der Waals surface area contributed by atoms with Gasteiger partial charge in [-0.15, -0.1) is 0 Å². The Hall–Kier alpha value is -1.35. The smallest absolute Gasteiger partial charge is 0.217 e. The number of aliphatic hydroxyl groups is 1. The number of carbonyl (C=O) groups is 1. The highest BCUT2D eigenvalue weighted by Crippen LogP contribution is 2.20. The van der Waals surface area contributed by atoms with Gasteiger partial charge >= 0.3 is 0 Å². The van der Waals surface area contributed by atoms with Gasteiger partial charge in [-0.2, -0.15) is 0 Å². The molecule has 15 heavy (non-hydrogen) atoms. The van der Waals surface area contributed by atoms with Gasteiger partial charge in [-0.25, -0.2) is 0 Å². The monoisotopic (exact) mass is 207 g/mol. The second-order valence-corrected chi connectivity index (χ2v) is 3.94. The van der Waals surface area contributed by atoms with Gasteiger partial charge in [0.05, 0.1) is 6.10 Å². The third-order valence-corrected chi connectivity index (χ3v) is 2.29. The molecule has 3 nitrogen and oxygen atoms in total. The Morgan fingerprint density at radius 1 is 1.33 bits per heavy atom. The van der Waals surface area contributed by atoms with Crippen molar-refractivity contribution in [2.75, 3.05) is 0 Å². The maximum absolute atomic E-state index is 10.6. The number of benzene rings is 1. The van der Waals surface area contributed by atoms with Crippen LogP contribution in [0.5, 0.6) is 0 Å². The minimum Gasteiger partial charge on any atom is -0.388 e. The normalized spacial score (nSPS) is 12.5. The van der Waals surface area contributed by atoms with E-state index in [4.69, 9.17) is 5.73 Å². The average Bonchev–Trinajstić information content (AvgIpc) is 2.12. The van der Waals surface area contributed by atoms with Crippen LogP contribution in [0.3, 0.4) is 0 Å². The molecule has 1 aromatic rings. The zero-order valence-electron chi connectivity index (χ0n) is 9.16. The highest BCUT2D eigenvalue weighted by molar-refractivity contribution is 5.73. The fourth-order valence-electron chi connectivity index (χ4n) is 1.65. The van der Waals surface area contributed by atoms with Crippen LogP contribution in [-0.4, -0.2) is 11.0 Å². The molecule has 0 aliphatic heterocycles. The zero-order chi connectivity index (χ0) is 11.4. The van der Waals surface area contributed by atoms with Crippen molar-refractivity contribution in [3.8, 4) is 0 Å². The maximum Gasteiger partial charge on any atom is 0.217 e. The van der Waals surface area contributed by atoms with Gasteiger partial charge in [0.25, 0.3) is 0 Å². The quantitative estimate of drug-likeness (QED) is 0.787. The number of primary amides is 1. The van der Waals surface area contributed by atoms with E-state index in [1.54, 1.807) is 0 Å². The van der Waals surface area contributed by atoms with Crippen LogP contribution in [0, 0.1) is 13.8 Å². The number of aryl methyl sites for hydroxylation is 2. The van der Waals surface area contributed by atoms with E-state index < -0.39 is 6.10 Å². The van der Waals surface area contributed by atoms with Crippen LogP contribution in [0.15, 0.2) is 18.2 Å². The summed E-state index contributed by atoms with van der Waals surface area (Å²) in [4.78, 5) is 10.6. The molecule has 0 fully saturated rings. The van der Waals surface area contributed by atoms with Crippen LogP contribution in [0.4, 0.5) is 0 Å². The third kappa shape index (κ3) is 3.72. The van der Waals surface area contributed by atoms with E-state index in [1.807, 2.05) is 32.0 Å². The molecule has 0 saturated heterocycles. The van der Waals surface area contributed by atoms with Crippen molar-refractivity contribution in [3.63, 3.8) is 0 Å². The van der Waals surface area contributed by atoms with Crippen LogP contribution in [0.25, 0.3) is 0 Å². The van der Waals surface area contributed by atoms with Crippen molar-refractivity contribution in [2.45, 2.75) is 32.8 Å². The van der Waals surface area contributed by atoms with Crippen molar-refractivity contribution in [2.24, 2.45) is 5.73 Å². The van der Waals surface area contributed by atoms with Crippen LogP contribution in [-0.2, 0) is 4.79 Å².